The first-order valence-electron chi connectivity index (χ1n) is 8.73. The predicted octanol–water partition coefficient (Wildman–Crippen LogP) is 2.49. The fraction of sp³-hybridized carbons (Fsp3) is 0.667. The number of nitrogens with one attached hydrogen (secondary N) is 1. The Kier molecular flexibility index (Phi) is 4.74. The lowest BCUT2D eigenvalue weighted by Gasteiger charge is -2.24. The van der Waals surface area contributed by atoms with E-state index in [4.69, 9.17) is 0 Å². The highest BCUT2D eigenvalue weighted by atomic mass is 15.3. The highest BCUT2D eigenvalue weighted by molar-refractivity contribution is 5.80. The van der Waals surface area contributed by atoms with Crippen LogP contribution in [-0.4, -0.2) is 49.1 Å². The Bertz CT molecular complexity index is 560. The van der Waals surface area contributed by atoms with Gasteiger partial charge in [-0.1, -0.05) is 13.8 Å². The van der Waals surface area contributed by atoms with Crippen LogP contribution in [0.25, 0.3) is 0 Å². The van der Waals surface area contributed by atoms with Crippen LogP contribution in [-0.2, 0) is 6.54 Å². The van der Waals surface area contributed by atoms with Crippen LogP contribution < -0.4 is 10.2 Å². The van der Waals surface area contributed by atoms with Gasteiger partial charge in [-0.25, -0.2) is 4.98 Å². The van der Waals surface area contributed by atoms with Crippen LogP contribution >= 0.6 is 0 Å². The molecule has 3 rings (SSSR count). The number of hydrogen-bond donors (Lipinski definition) is 1. The van der Waals surface area contributed by atoms with Gasteiger partial charge in [-0.3, -0.25) is 4.99 Å². The quantitative estimate of drug-likeness (QED) is 0.687. The molecule has 2 aliphatic heterocycles. The van der Waals surface area contributed by atoms with Gasteiger partial charge in [0.15, 0.2) is 5.96 Å². The van der Waals surface area contributed by atoms with Crippen molar-refractivity contribution in [2.75, 3.05) is 38.1 Å². The molecule has 5 heteroatoms. The zero-order valence-corrected chi connectivity index (χ0v) is 14.7. The first kappa shape index (κ1) is 16.1. The van der Waals surface area contributed by atoms with Gasteiger partial charge in [-0.2, -0.15) is 0 Å². The van der Waals surface area contributed by atoms with E-state index in [-0.39, 0.29) is 0 Å². The molecule has 1 N–H and O–H groups in total. The van der Waals surface area contributed by atoms with Crippen molar-refractivity contribution >= 4 is 11.8 Å². The summed E-state index contributed by atoms with van der Waals surface area (Å²) in [5.74, 6) is 2.12. The molecule has 0 aromatic carbocycles. The Morgan fingerprint density at radius 3 is 2.74 bits per heavy atom. The van der Waals surface area contributed by atoms with Gasteiger partial charge in [-0.15, -0.1) is 0 Å². The Morgan fingerprint density at radius 2 is 2.09 bits per heavy atom. The number of anilines is 1. The second kappa shape index (κ2) is 6.77. The first-order chi connectivity index (χ1) is 11.1. The summed E-state index contributed by atoms with van der Waals surface area (Å²) in [5.41, 5.74) is 1.65. The van der Waals surface area contributed by atoms with Crippen LogP contribution in [0.5, 0.6) is 0 Å². The number of guanidine groups is 1. The normalized spacial score (nSPS) is 21.1. The zero-order chi connectivity index (χ0) is 16.3. The largest absolute Gasteiger partial charge is 0.357 e. The van der Waals surface area contributed by atoms with Gasteiger partial charge in [0.1, 0.15) is 5.82 Å². The second-order valence-corrected chi connectivity index (χ2v) is 7.45. The number of likely N-dealkylation sites (tertiary alicyclic amines) is 1. The Balaban J connectivity index is 1.60. The van der Waals surface area contributed by atoms with Gasteiger partial charge in [0.25, 0.3) is 0 Å². The summed E-state index contributed by atoms with van der Waals surface area (Å²) in [6.45, 7) is 9.87. The maximum Gasteiger partial charge on any atom is 0.193 e. The molecule has 23 heavy (non-hydrogen) atoms. The third-order valence-corrected chi connectivity index (χ3v) is 4.88. The molecule has 2 aliphatic rings. The lowest BCUT2D eigenvalue weighted by Crippen LogP contribution is -2.40. The van der Waals surface area contributed by atoms with E-state index in [9.17, 15) is 0 Å². The monoisotopic (exact) mass is 315 g/mol. The van der Waals surface area contributed by atoms with Gasteiger partial charge >= 0.3 is 0 Å². The third kappa shape index (κ3) is 3.95. The van der Waals surface area contributed by atoms with Gasteiger partial charge in [0.2, 0.25) is 0 Å². The zero-order valence-electron chi connectivity index (χ0n) is 14.7. The average molecular weight is 315 g/mol. The highest BCUT2D eigenvalue weighted by Gasteiger charge is 2.30. The number of hydrogen-bond acceptors (Lipinski definition) is 3. The number of aromatic nitrogens is 1. The maximum absolute atomic E-state index is 4.52. The van der Waals surface area contributed by atoms with E-state index >= 15 is 0 Å². The molecule has 5 nitrogen and oxygen atoms in total. The standard InChI is InChI=1S/C18H29N5/c1-18(2)7-11-23(14-18)17(19-3)21-13-15-6-8-20-16(12-15)22-9-4-5-10-22/h6,8,12H,4-5,7,9-11,13-14H2,1-3H3,(H,19,21). The van der Waals surface area contributed by atoms with E-state index in [0.29, 0.717) is 5.41 Å². The average Bonchev–Trinajstić information content (AvgIpc) is 3.18. The molecule has 0 atom stereocenters. The van der Waals surface area contributed by atoms with Crippen molar-refractivity contribution in [2.24, 2.45) is 10.4 Å². The van der Waals surface area contributed by atoms with Crippen molar-refractivity contribution < 1.29 is 0 Å². The summed E-state index contributed by atoms with van der Waals surface area (Å²) in [6, 6.07) is 4.30. The third-order valence-electron chi connectivity index (χ3n) is 4.88. The molecule has 2 fully saturated rings. The van der Waals surface area contributed by atoms with Crippen molar-refractivity contribution in [1.82, 2.24) is 15.2 Å². The summed E-state index contributed by atoms with van der Waals surface area (Å²) in [6.07, 6.45) is 5.71. The molecule has 0 radical (unpaired) electrons. The van der Waals surface area contributed by atoms with E-state index in [1.165, 1.54) is 24.8 Å². The highest BCUT2D eigenvalue weighted by Crippen LogP contribution is 2.28. The minimum Gasteiger partial charge on any atom is -0.357 e. The van der Waals surface area contributed by atoms with Crippen LogP contribution in [0, 0.1) is 5.41 Å². The smallest absolute Gasteiger partial charge is 0.193 e. The minimum absolute atomic E-state index is 0.386. The molecule has 1 aromatic heterocycles. The molecule has 0 saturated carbocycles. The van der Waals surface area contributed by atoms with E-state index < -0.39 is 0 Å². The van der Waals surface area contributed by atoms with E-state index in [1.54, 1.807) is 0 Å². The second-order valence-electron chi connectivity index (χ2n) is 7.45. The number of aliphatic imine (C=N–C) groups is 1. The molecular weight excluding hydrogens is 286 g/mol. The molecule has 1 aromatic rings. The fourth-order valence-electron chi connectivity index (χ4n) is 3.50. The summed E-state index contributed by atoms with van der Waals surface area (Å²) < 4.78 is 0. The first-order valence-corrected chi connectivity index (χ1v) is 8.73. The van der Waals surface area contributed by atoms with Crippen LogP contribution in [0.4, 0.5) is 5.82 Å². The molecule has 0 aliphatic carbocycles. The van der Waals surface area contributed by atoms with Gasteiger partial charge in [-0.05, 0) is 42.4 Å². The number of nitrogens with zero attached hydrogens (tertiary/aromatic N) is 4. The Morgan fingerprint density at radius 1 is 1.30 bits per heavy atom. The molecule has 3 heterocycles. The van der Waals surface area contributed by atoms with Crippen molar-refractivity contribution in [3.8, 4) is 0 Å². The fourth-order valence-corrected chi connectivity index (χ4v) is 3.50. The van der Waals surface area contributed by atoms with Crippen LogP contribution in [0.3, 0.4) is 0 Å². The minimum atomic E-state index is 0.386. The van der Waals surface area contributed by atoms with E-state index in [1.807, 2.05) is 13.2 Å². The SMILES string of the molecule is CN=C(NCc1ccnc(N2CCCC2)c1)N1CCC(C)(C)C1. The molecule has 0 unspecified atom stereocenters. The maximum atomic E-state index is 4.52. The van der Waals surface area contributed by atoms with Crippen molar-refractivity contribution in [3.05, 3.63) is 23.9 Å². The molecule has 2 saturated heterocycles. The lowest BCUT2D eigenvalue weighted by molar-refractivity contribution is 0.370. The molecule has 0 bridgehead atoms. The summed E-state index contributed by atoms with van der Waals surface area (Å²) in [4.78, 5) is 13.7. The summed E-state index contributed by atoms with van der Waals surface area (Å²) in [5, 5.41) is 3.51. The van der Waals surface area contributed by atoms with Gasteiger partial charge < -0.3 is 15.1 Å². The number of pyridine rings is 1. The van der Waals surface area contributed by atoms with Crippen LogP contribution in [0.15, 0.2) is 23.3 Å². The molecular formula is C18H29N5. The Labute approximate surface area is 139 Å². The van der Waals surface area contributed by atoms with Gasteiger partial charge in [0.05, 0.1) is 0 Å². The van der Waals surface area contributed by atoms with E-state index in [2.05, 4.69) is 51.1 Å². The van der Waals surface area contributed by atoms with Crippen molar-refractivity contribution in [1.29, 1.82) is 0 Å². The van der Waals surface area contributed by atoms with Crippen LogP contribution in [0.1, 0.15) is 38.7 Å². The lowest BCUT2D eigenvalue weighted by atomic mass is 9.93. The Hall–Kier alpha value is -1.78. The number of rotatable bonds is 3. The topological polar surface area (TPSA) is 43.8 Å². The summed E-state index contributed by atoms with van der Waals surface area (Å²) >= 11 is 0. The van der Waals surface area contributed by atoms with Gasteiger partial charge in [0, 0.05) is 46.0 Å². The van der Waals surface area contributed by atoms with Crippen molar-refractivity contribution in [3.63, 3.8) is 0 Å². The molecule has 0 amide bonds. The summed E-state index contributed by atoms with van der Waals surface area (Å²) in [7, 11) is 1.87. The molecule has 0 spiro atoms. The molecule has 126 valence electrons. The van der Waals surface area contributed by atoms with Crippen molar-refractivity contribution in [2.45, 2.75) is 39.7 Å². The predicted molar refractivity (Wildman–Crippen MR) is 95.9 cm³/mol. The van der Waals surface area contributed by atoms with Crippen LogP contribution in [0.2, 0.25) is 0 Å². The van der Waals surface area contributed by atoms with E-state index in [0.717, 1.165) is 44.5 Å².